The first-order valence-corrected chi connectivity index (χ1v) is 6.57. The minimum Gasteiger partial charge on any atom is -0.325 e. The predicted molar refractivity (Wildman–Crippen MR) is 76.8 cm³/mol. The van der Waals surface area contributed by atoms with Crippen molar-refractivity contribution in [1.82, 2.24) is 0 Å². The average Bonchev–Trinajstić information content (AvgIpc) is 2.39. The molecule has 0 aliphatic carbocycles. The van der Waals surface area contributed by atoms with Crippen LogP contribution in [0.5, 0.6) is 0 Å². The number of rotatable bonds is 6. The van der Waals surface area contributed by atoms with Crippen molar-refractivity contribution in [3.63, 3.8) is 0 Å². The lowest BCUT2D eigenvalue weighted by Gasteiger charge is -2.13. The van der Waals surface area contributed by atoms with Gasteiger partial charge in [0.15, 0.2) is 0 Å². The topological polar surface area (TPSA) is 84.2 Å². The van der Waals surface area contributed by atoms with Gasteiger partial charge in [0.2, 0.25) is 11.8 Å². The molecule has 5 nitrogen and oxygen atoms in total. The summed E-state index contributed by atoms with van der Waals surface area (Å²) >= 11 is 0. The van der Waals surface area contributed by atoms with Gasteiger partial charge in [0, 0.05) is 12.6 Å². The van der Waals surface area contributed by atoms with Crippen molar-refractivity contribution in [2.75, 3.05) is 10.6 Å². The number of unbranched alkanes of at least 4 members (excludes halogenated alkanes) is 1. The minimum atomic E-state index is -0.593. The maximum Gasteiger partial charge on any atom is 0.241 e. The molecule has 20 heavy (non-hydrogen) atoms. The molecule has 1 aromatic carbocycles. The maximum absolute atomic E-state index is 13.4. The van der Waals surface area contributed by atoms with Crippen LogP contribution in [0.4, 0.5) is 15.8 Å². The van der Waals surface area contributed by atoms with Gasteiger partial charge < -0.3 is 16.4 Å². The summed E-state index contributed by atoms with van der Waals surface area (Å²) in [5.41, 5.74) is 6.16. The number of halogens is 1. The third kappa shape index (κ3) is 4.97. The number of anilines is 2. The first-order chi connectivity index (χ1) is 9.43. The Morgan fingerprint density at radius 3 is 2.65 bits per heavy atom. The monoisotopic (exact) mass is 281 g/mol. The smallest absolute Gasteiger partial charge is 0.241 e. The number of benzene rings is 1. The maximum atomic E-state index is 13.4. The van der Waals surface area contributed by atoms with Gasteiger partial charge >= 0.3 is 0 Å². The van der Waals surface area contributed by atoms with E-state index in [4.69, 9.17) is 5.73 Å². The van der Waals surface area contributed by atoms with Crippen LogP contribution in [0.25, 0.3) is 0 Å². The Kier molecular flexibility index (Phi) is 6.11. The van der Waals surface area contributed by atoms with E-state index in [1.165, 1.54) is 25.1 Å². The highest BCUT2D eigenvalue weighted by molar-refractivity contribution is 5.96. The molecule has 6 heteroatoms. The highest BCUT2D eigenvalue weighted by Crippen LogP contribution is 2.19. The summed E-state index contributed by atoms with van der Waals surface area (Å²) < 4.78 is 13.4. The fourth-order valence-corrected chi connectivity index (χ4v) is 1.68. The van der Waals surface area contributed by atoms with Gasteiger partial charge in [-0.2, -0.15) is 0 Å². The third-order valence-electron chi connectivity index (χ3n) is 2.75. The molecule has 1 rings (SSSR count). The van der Waals surface area contributed by atoms with Crippen LogP contribution in [0.2, 0.25) is 0 Å². The molecule has 0 aliphatic rings. The van der Waals surface area contributed by atoms with Crippen LogP contribution < -0.4 is 16.4 Å². The molecule has 4 N–H and O–H groups in total. The Labute approximate surface area is 117 Å². The van der Waals surface area contributed by atoms with Crippen LogP contribution in [-0.2, 0) is 9.59 Å². The van der Waals surface area contributed by atoms with E-state index < -0.39 is 11.9 Å². The van der Waals surface area contributed by atoms with Crippen LogP contribution in [-0.4, -0.2) is 17.9 Å². The normalized spacial score (nSPS) is 11.8. The van der Waals surface area contributed by atoms with Crippen molar-refractivity contribution in [2.45, 2.75) is 39.2 Å². The van der Waals surface area contributed by atoms with E-state index in [-0.39, 0.29) is 17.5 Å². The molecule has 110 valence electrons. The van der Waals surface area contributed by atoms with Gasteiger partial charge in [-0.25, -0.2) is 4.39 Å². The molecule has 0 radical (unpaired) electrons. The van der Waals surface area contributed by atoms with Gasteiger partial charge in [-0.05, 0) is 24.6 Å². The van der Waals surface area contributed by atoms with Crippen LogP contribution in [0.1, 0.15) is 33.1 Å². The van der Waals surface area contributed by atoms with E-state index in [9.17, 15) is 14.0 Å². The highest BCUT2D eigenvalue weighted by atomic mass is 19.1. The molecule has 1 atom stereocenters. The van der Waals surface area contributed by atoms with E-state index >= 15 is 0 Å². The molecule has 1 aromatic rings. The van der Waals surface area contributed by atoms with Crippen molar-refractivity contribution in [3.8, 4) is 0 Å². The average molecular weight is 281 g/mol. The molecule has 0 unspecified atom stereocenters. The van der Waals surface area contributed by atoms with Gasteiger partial charge in [-0.1, -0.05) is 19.8 Å². The van der Waals surface area contributed by atoms with Gasteiger partial charge in [0.25, 0.3) is 0 Å². The van der Waals surface area contributed by atoms with Crippen molar-refractivity contribution < 1.29 is 14.0 Å². The van der Waals surface area contributed by atoms with E-state index in [0.717, 1.165) is 12.8 Å². The van der Waals surface area contributed by atoms with Crippen molar-refractivity contribution in [3.05, 3.63) is 24.0 Å². The summed E-state index contributed by atoms with van der Waals surface area (Å²) in [7, 11) is 0. The SMILES string of the molecule is CCCC[C@H](N)C(=O)Nc1ccc(F)c(NC(C)=O)c1. The van der Waals surface area contributed by atoms with E-state index in [1.807, 2.05) is 6.92 Å². The quantitative estimate of drug-likeness (QED) is 0.747. The number of amides is 2. The van der Waals surface area contributed by atoms with Gasteiger partial charge in [0.1, 0.15) is 5.82 Å². The van der Waals surface area contributed by atoms with Crippen LogP contribution >= 0.6 is 0 Å². The molecule has 2 amide bonds. The second-order valence-electron chi connectivity index (χ2n) is 4.61. The van der Waals surface area contributed by atoms with E-state index in [0.29, 0.717) is 12.1 Å². The fraction of sp³-hybridized carbons (Fsp3) is 0.429. The van der Waals surface area contributed by atoms with Gasteiger partial charge in [-0.15, -0.1) is 0 Å². The molecule has 0 spiro atoms. The molecule has 0 heterocycles. The Balaban J connectivity index is 2.72. The number of carbonyl (C=O) groups excluding carboxylic acids is 2. The zero-order valence-electron chi connectivity index (χ0n) is 11.7. The lowest BCUT2D eigenvalue weighted by molar-refractivity contribution is -0.117. The summed E-state index contributed by atoms with van der Waals surface area (Å²) in [6.45, 7) is 3.30. The van der Waals surface area contributed by atoms with Crippen molar-refractivity contribution in [1.29, 1.82) is 0 Å². The number of nitrogens with two attached hydrogens (primary N) is 1. The fourth-order valence-electron chi connectivity index (χ4n) is 1.68. The molecule has 0 saturated carbocycles. The first-order valence-electron chi connectivity index (χ1n) is 6.57. The lowest BCUT2D eigenvalue weighted by Crippen LogP contribution is -2.35. The molecule has 0 aromatic heterocycles. The Morgan fingerprint density at radius 1 is 1.35 bits per heavy atom. The molecule has 0 bridgehead atoms. The largest absolute Gasteiger partial charge is 0.325 e. The van der Waals surface area contributed by atoms with Crippen LogP contribution in [0.3, 0.4) is 0 Å². The van der Waals surface area contributed by atoms with Crippen molar-refractivity contribution >= 4 is 23.2 Å². The Bertz CT molecular complexity index is 491. The van der Waals surface area contributed by atoms with Crippen LogP contribution in [0, 0.1) is 5.82 Å². The minimum absolute atomic E-state index is 0.0254. The molecule has 0 saturated heterocycles. The van der Waals surface area contributed by atoms with Gasteiger partial charge in [-0.3, -0.25) is 9.59 Å². The predicted octanol–water partition coefficient (Wildman–Crippen LogP) is 2.24. The Hall–Kier alpha value is -1.95. The second kappa shape index (κ2) is 7.59. The highest BCUT2D eigenvalue weighted by Gasteiger charge is 2.14. The number of hydrogen-bond donors (Lipinski definition) is 3. The van der Waals surface area contributed by atoms with E-state index in [1.54, 1.807) is 0 Å². The third-order valence-corrected chi connectivity index (χ3v) is 2.75. The zero-order valence-corrected chi connectivity index (χ0v) is 11.7. The number of nitrogens with one attached hydrogen (secondary N) is 2. The summed E-state index contributed by atoms with van der Waals surface area (Å²) in [5, 5.41) is 4.96. The summed E-state index contributed by atoms with van der Waals surface area (Å²) in [6.07, 6.45) is 2.43. The number of hydrogen-bond acceptors (Lipinski definition) is 3. The molecule has 0 aliphatic heterocycles. The number of carbonyl (C=O) groups is 2. The second-order valence-corrected chi connectivity index (χ2v) is 4.61. The lowest BCUT2D eigenvalue weighted by atomic mass is 10.1. The Morgan fingerprint density at radius 2 is 2.05 bits per heavy atom. The summed E-state index contributed by atoms with van der Waals surface area (Å²) in [5.74, 6) is -1.26. The molecular formula is C14H20FN3O2. The first kappa shape index (κ1) is 16.1. The van der Waals surface area contributed by atoms with Crippen molar-refractivity contribution in [2.24, 2.45) is 5.73 Å². The zero-order chi connectivity index (χ0) is 15.1. The molecular weight excluding hydrogens is 261 g/mol. The molecule has 0 fully saturated rings. The van der Waals surface area contributed by atoms with E-state index in [2.05, 4.69) is 10.6 Å². The summed E-state index contributed by atoms with van der Waals surface area (Å²) in [4.78, 5) is 22.8. The standard InChI is InChI=1S/C14H20FN3O2/c1-3-4-5-12(16)14(20)18-10-6-7-11(15)13(8-10)17-9(2)19/h6-8,12H,3-5,16H2,1-2H3,(H,17,19)(H,18,20)/t12-/m0/s1. The van der Waals surface area contributed by atoms with Crippen LogP contribution in [0.15, 0.2) is 18.2 Å². The summed E-state index contributed by atoms with van der Waals surface area (Å²) in [6, 6.07) is 3.37. The van der Waals surface area contributed by atoms with Gasteiger partial charge in [0.05, 0.1) is 11.7 Å².